The van der Waals surface area contributed by atoms with Crippen LogP contribution in [0.25, 0.3) is 10.2 Å². The minimum Gasteiger partial charge on any atom is -0.366 e. The summed E-state index contributed by atoms with van der Waals surface area (Å²) in [5.41, 5.74) is 2.89. The van der Waals surface area contributed by atoms with Crippen molar-refractivity contribution in [1.82, 2.24) is 15.3 Å². The van der Waals surface area contributed by atoms with Crippen LogP contribution in [-0.2, 0) is 9.53 Å². The van der Waals surface area contributed by atoms with Gasteiger partial charge in [-0.15, -0.1) is 11.3 Å². The van der Waals surface area contributed by atoms with Crippen molar-refractivity contribution in [3.8, 4) is 0 Å². The van der Waals surface area contributed by atoms with Crippen molar-refractivity contribution < 1.29 is 9.53 Å². The number of thiophene rings is 1. The van der Waals surface area contributed by atoms with Crippen molar-refractivity contribution in [2.24, 2.45) is 0 Å². The van der Waals surface area contributed by atoms with Crippen LogP contribution in [0.5, 0.6) is 0 Å². The smallest absolute Gasteiger partial charge is 0.246 e. The Morgan fingerprint density at radius 1 is 1.15 bits per heavy atom. The third-order valence-electron chi connectivity index (χ3n) is 4.66. The second-order valence-corrected chi connectivity index (χ2v) is 7.72. The molecule has 1 aromatic carbocycles. The van der Waals surface area contributed by atoms with Crippen molar-refractivity contribution in [3.63, 3.8) is 0 Å². The number of nitrogens with one attached hydrogen (secondary N) is 3. The van der Waals surface area contributed by atoms with E-state index in [1.165, 1.54) is 12.8 Å². The van der Waals surface area contributed by atoms with Crippen molar-refractivity contribution >= 4 is 44.9 Å². The number of benzene rings is 1. The van der Waals surface area contributed by atoms with E-state index in [0.717, 1.165) is 27.3 Å². The monoisotopic (exact) mass is 381 g/mol. The molecule has 5 rings (SSSR count). The summed E-state index contributed by atoms with van der Waals surface area (Å²) in [6.45, 7) is 0.607. The highest BCUT2D eigenvalue weighted by Gasteiger charge is 2.23. The summed E-state index contributed by atoms with van der Waals surface area (Å²) < 4.78 is 6.66. The van der Waals surface area contributed by atoms with Crippen LogP contribution in [0.1, 0.15) is 24.5 Å². The average molecular weight is 381 g/mol. The van der Waals surface area contributed by atoms with E-state index < -0.39 is 0 Å². The topological polar surface area (TPSA) is 88.2 Å². The van der Waals surface area contributed by atoms with E-state index >= 15 is 0 Å². The number of hydrogen-bond acceptors (Lipinski definition) is 7. The number of anilines is 3. The van der Waals surface area contributed by atoms with Crippen LogP contribution >= 0.6 is 11.3 Å². The summed E-state index contributed by atoms with van der Waals surface area (Å²) >= 11 is 1.66. The molecule has 1 atom stereocenters. The molecule has 8 heteroatoms. The van der Waals surface area contributed by atoms with Gasteiger partial charge in [-0.25, -0.2) is 4.98 Å². The van der Waals surface area contributed by atoms with Gasteiger partial charge in [0.15, 0.2) is 0 Å². The van der Waals surface area contributed by atoms with Gasteiger partial charge < -0.3 is 20.7 Å². The Balaban J connectivity index is 1.34. The van der Waals surface area contributed by atoms with Crippen LogP contribution in [0.4, 0.5) is 17.5 Å². The molecule has 7 nitrogen and oxygen atoms in total. The minimum absolute atomic E-state index is 0.0684. The molecule has 1 saturated heterocycles. The first-order valence-electron chi connectivity index (χ1n) is 9.02. The molecule has 2 aliphatic rings. The molecule has 0 bridgehead atoms. The first-order valence-corrected chi connectivity index (χ1v) is 9.89. The molecule has 1 unspecified atom stereocenters. The molecule has 0 spiro atoms. The lowest BCUT2D eigenvalue weighted by molar-refractivity contribution is -0.133. The van der Waals surface area contributed by atoms with Crippen LogP contribution < -0.4 is 16.0 Å². The van der Waals surface area contributed by atoms with Gasteiger partial charge in [0, 0.05) is 18.3 Å². The molecular weight excluding hydrogens is 362 g/mol. The lowest BCUT2D eigenvalue weighted by Crippen LogP contribution is -2.38. The standard InChI is InChI=1S/C19H19N5O2S/c25-16-10-26-15(9-20-16)11-1-3-13(4-2-11)22-19-23-14-7-8-27-17(14)18(24-19)21-12-5-6-12/h1-4,7-8,12,15H,5-6,9-10H2,(H,20,25)(H2,21,22,23,24). The molecule has 1 saturated carbocycles. The Morgan fingerprint density at radius 3 is 2.74 bits per heavy atom. The summed E-state index contributed by atoms with van der Waals surface area (Å²) in [5.74, 6) is 1.42. The maximum Gasteiger partial charge on any atom is 0.246 e. The summed E-state index contributed by atoms with van der Waals surface area (Å²) in [7, 11) is 0. The Hall–Kier alpha value is -2.71. The molecule has 0 radical (unpaired) electrons. The normalized spacial score (nSPS) is 19.7. The maximum absolute atomic E-state index is 11.2. The predicted molar refractivity (Wildman–Crippen MR) is 105 cm³/mol. The van der Waals surface area contributed by atoms with Gasteiger partial charge in [-0.3, -0.25) is 4.79 Å². The first kappa shape index (κ1) is 16.5. The minimum atomic E-state index is -0.107. The second kappa shape index (κ2) is 6.79. The van der Waals surface area contributed by atoms with Crippen LogP contribution in [0, 0.1) is 0 Å². The molecule has 3 aromatic rings. The zero-order chi connectivity index (χ0) is 18.2. The molecule has 1 aliphatic carbocycles. The number of hydrogen-bond donors (Lipinski definition) is 3. The fourth-order valence-electron chi connectivity index (χ4n) is 3.06. The fraction of sp³-hybridized carbons (Fsp3) is 0.316. The number of carbonyl (C=O) groups excluding carboxylic acids is 1. The summed E-state index contributed by atoms with van der Waals surface area (Å²) in [6, 6.07) is 10.5. The van der Waals surface area contributed by atoms with Crippen LogP contribution in [0.2, 0.25) is 0 Å². The molecule has 2 fully saturated rings. The Kier molecular flexibility index (Phi) is 4.14. The lowest BCUT2D eigenvalue weighted by Gasteiger charge is -2.23. The van der Waals surface area contributed by atoms with E-state index in [-0.39, 0.29) is 18.6 Å². The largest absolute Gasteiger partial charge is 0.366 e. The van der Waals surface area contributed by atoms with Gasteiger partial charge in [0.1, 0.15) is 18.5 Å². The van der Waals surface area contributed by atoms with Gasteiger partial charge in [0.2, 0.25) is 11.9 Å². The summed E-state index contributed by atoms with van der Waals surface area (Å²) in [6.07, 6.45) is 2.29. The molecule has 138 valence electrons. The van der Waals surface area contributed by atoms with Crippen molar-refractivity contribution in [2.75, 3.05) is 23.8 Å². The summed E-state index contributed by atoms with van der Waals surface area (Å²) in [4.78, 5) is 20.5. The average Bonchev–Trinajstić information content (AvgIpc) is 3.37. The third kappa shape index (κ3) is 3.58. The fourth-order valence-corrected chi connectivity index (χ4v) is 3.84. The van der Waals surface area contributed by atoms with Crippen molar-refractivity contribution in [3.05, 3.63) is 41.3 Å². The van der Waals surface area contributed by atoms with Gasteiger partial charge >= 0.3 is 0 Å². The number of rotatable bonds is 5. The zero-order valence-corrected chi connectivity index (χ0v) is 15.4. The van der Waals surface area contributed by atoms with Crippen LogP contribution in [0.15, 0.2) is 35.7 Å². The maximum atomic E-state index is 11.2. The lowest BCUT2D eigenvalue weighted by atomic mass is 10.1. The van der Waals surface area contributed by atoms with Gasteiger partial charge in [-0.2, -0.15) is 4.98 Å². The highest BCUT2D eigenvalue weighted by molar-refractivity contribution is 7.17. The van der Waals surface area contributed by atoms with Gasteiger partial charge in [0.25, 0.3) is 0 Å². The van der Waals surface area contributed by atoms with E-state index in [4.69, 9.17) is 4.74 Å². The number of nitrogens with zero attached hydrogens (tertiary/aromatic N) is 2. The van der Waals surface area contributed by atoms with Gasteiger partial charge in [-0.1, -0.05) is 12.1 Å². The van der Waals surface area contributed by atoms with E-state index in [9.17, 15) is 4.79 Å². The highest BCUT2D eigenvalue weighted by Crippen LogP contribution is 2.32. The number of carbonyl (C=O) groups is 1. The predicted octanol–water partition coefficient (Wildman–Crippen LogP) is 3.20. The second-order valence-electron chi connectivity index (χ2n) is 6.80. The molecule has 1 aliphatic heterocycles. The zero-order valence-electron chi connectivity index (χ0n) is 14.6. The van der Waals surface area contributed by atoms with Gasteiger partial charge in [0.05, 0.1) is 10.2 Å². The van der Waals surface area contributed by atoms with Crippen LogP contribution in [-0.4, -0.2) is 35.1 Å². The molecule has 3 heterocycles. The van der Waals surface area contributed by atoms with Crippen molar-refractivity contribution in [2.45, 2.75) is 25.0 Å². The molecular formula is C19H19N5O2S. The SMILES string of the molecule is O=C1COC(c2ccc(Nc3nc(NC4CC4)c4sccc4n3)cc2)CN1. The quantitative estimate of drug-likeness (QED) is 0.629. The number of amides is 1. The summed E-state index contributed by atoms with van der Waals surface area (Å²) in [5, 5.41) is 11.6. The van der Waals surface area contributed by atoms with E-state index in [1.54, 1.807) is 11.3 Å². The Bertz CT molecular complexity index is 973. The van der Waals surface area contributed by atoms with E-state index in [2.05, 4.69) is 25.9 Å². The Morgan fingerprint density at radius 2 is 2.00 bits per heavy atom. The number of fused-ring (bicyclic) bond motifs is 1. The molecule has 2 aromatic heterocycles. The number of ether oxygens (including phenoxy) is 1. The van der Waals surface area contributed by atoms with E-state index in [0.29, 0.717) is 18.5 Å². The molecule has 1 amide bonds. The first-order chi connectivity index (χ1) is 13.2. The third-order valence-corrected chi connectivity index (χ3v) is 5.57. The van der Waals surface area contributed by atoms with Crippen LogP contribution in [0.3, 0.4) is 0 Å². The van der Waals surface area contributed by atoms with Crippen molar-refractivity contribution in [1.29, 1.82) is 0 Å². The molecule has 3 N–H and O–H groups in total. The Labute approximate surface area is 160 Å². The van der Waals surface area contributed by atoms with E-state index in [1.807, 2.05) is 35.7 Å². The molecule has 27 heavy (non-hydrogen) atoms. The number of aromatic nitrogens is 2. The van der Waals surface area contributed by atoms with Gasteiger partial charge in [-0.05, 0) is 42.0 Å². The highest BCUT2D eigenvalue weighted by atomic mass is 32.1. The number of morpholine rings is 1.